The fourth-order valence-electron chi connectivity index (χ4n) is 7.43. The van der Waals surface area contributed by atoms with Crippen LogP contribution in [0.5, 0.6) is 0 Å². The van der Waals surface area contributed by atoms with Gasteiger partial charge in [0, 0.05) is 45.5 Å². The van der Waals surface area contributed by atoms with E-state index in [1.54, 1.807) is 35.2 Å². The van der Waals surface area contributed by atoms with Gasteiger partial charge in [-0.15, -0.1) is 0 Å². The Morgan fingerprint density at radius 2 is 1.74 bits per heavy atom. The molecule has 2 spiro atoms. The normalized spacial score (nSPS) is 26.8. The third-order valence-electron chi connectivity index (χ3n) is 9.17. The Morgan fingerprint density at radius 3 is 2.35 bits per heavy atom. The Labute approximate surface area is 271 Å². The van der Waals surface area contributed by atoms with E-state index >= 15 is 4.79 Å². The van der Waals surface area contributed by atoms with Crippen molar-refractivity contribution in [2.45, 2.75) is 51.6 Å². The zero-order valence-electron chi connectivity index (χ0n) is 24.2. The summed E-state index contributed by atoms with van der Waals surface area (Å²) < 4.78 is 5.68. The van der Waals surface area contributed by atoms with Crippen molar-refractivity contribution in [1.82, 2.24) is 4.90 Å². The molecule has 4 aliphatic rings. The summed E-state index contributed by atoms with van der Waals surface area (Å²) in [6.45, 7) is 10.6. The smallest absolute Gasteiger partial charge is 0.312 e. The maximum Gasteiger partial charge on any atom is 0.312 e. The van der Waals surface area contributed by atoms with Crippen LogP contribution in [0.25, 0.3) is 0 Å². The largest absolute Gasteiger partial charge is 0.461 e. The summed E-state index contributed by atoms with van der Waals surface area (Å²) in [5.74, 6) is -3.48. The van der Waals surface area contributed by atoms with Gasteiger partial charge in [-0.05, 0) is 60.4 Å². The van der Waals surface area contributed by atoms with Gasteiger partial charge in [-0.1, -0.05) is 79.8 Å². The maximum atomic E-state index is 15.1. The first-order valence-corrected chi connectivity index (χ1v) is 15.8. The van der Waals surface area contributed by atoms with Gasteiger partial charge < -0.3 is 15.0 Å². The van der Waals surface area contributed by atoms with Crippen molar-refractivity contribution in [3.8, 4) is 0 Å². The van der Waals surface area contributed by atoms with E-state index in [1.165, 1.54) is 6.08 Å². The van der Waals surface area contributed by atoms with Gasteiger partial charge in [0.05, 0.1) is 16.6 Å². The van der Waals surface area contributed by atoms with Crippen molar-refractivity contribution < 1.29 is 19.1 Å². The summed E-state index contributed by atoms with van der Waals surface area (Å²) in [6, 6.07) is 7.82. The Kier molecular flexibility index (Phi) is 7.62. The molecule has 2 saturated heterocycles. The highest BCUT2D eigenvalue weighted by molar-refractivity contribution is 6.38. The number of carbonyl (C=O) groups is 3. The number of halogens is 4. The number of fused-ring (bicyclic) bond motifs is 4. The van der Waals surface area contributed by atoms with Crippen molar-refractivity contribution in [3.05, 3.63) is 68.6 Å². The number of rotatable bonds is 6. The van der Waals surface area contributed by atoms with Gasteiger partial charge in [0.2, 0.25) is 5.91 Å². The van der Waals surface area contributed by atoms with Crippen LogP contribution in [0.4, 0.5) is 11.4 Å². The standard InChI is InChI=1S/C32H33Cl4N3O4/c1-5-8-43-28(41)25-24(27(40)38(15-30(2,3)4)20-10-17(33)9-18(34)11-20)23-14-31(6-7-31)16-39(23)32(25)21-12-19(35)13-22(36)26(21)37-29(32)42/h5,9-13,23-25H,1,6-8,14-16H2,2-4H3,(H,37,42)/t23?,24?,25?,32-/m1/s1. The predicted molar refractivity (Wildman–Crippen MR) is 170 cm³/mol. The molecule has 1 saturated carbocycles. The van der Waals surface area contributed by atoms with E-state index < -0.39 is 35.3 Å². The lowest BCUT2D eigenvalue weighted by molar-refractivity contribution is -0.157. The van der Waals surface area contributed by atoms with Crippen LogP contribution in [0.2, 0.25) is 20.1 Å². The summed E-state index contributed by atoms with van der Waals surface area (Å²) >= 11 is 26.0. The maximum absolute atomic E-state index is 15.1. The number of anilines is 2. The lowest BCUT2D eigenvalue weighted by Gasteiger charge is -2.37. The average Bonchev–Trinajstić information content (AvgIpc) is 3.35. The number of nitrogens with zero attached hydrogens (tertiary/aromatic N) is 2. The van der Waals surface area contributed by atoms with Crippen LogP contribution in [0.1, 0.15) is 45.6 Å². The first-order valence-electron chi connectivity index (χ1n) is 14.3. The van der Waals surface area contributed by atoms with Crippen LogP contribution >= 0.6 is 46.4 Å². The number of nitrogens with one attached hydrogen (secondary N) is 1. The second kappa shape index (κ2) is 10.7. The molecule has 7 nitrogen and oxygen atoms in total. The molecular formula is C32H33Cl4N3O4. The van der Waals surface area contributed by atoms with E-state index in [4.69, 9.17) is 51.1 Å². The zero-order chi connectivity index (χ0) is 31.1. The molecule has 0 radical (unpaired) electrons. The fourth-order valence-corrected chi connectivity index (χ4v) is 8.49. The SMILES string of the molecule is C=CCOC(=O)C1C(C(=O)N(CC(C)(C)C)c2cc(Cl)cc(Cl)c2)C2CC3(CC3)CN2[C@@]12C(=O)Nc1c(Cl)cc(Cl)cc12. The molecule has 1 N–H and O–H groups in total. The molecule has 2 amide bonds. The van der Waals surface area contributed by atoms with Crippen LogP contribution in [0, 0.1) is 22.7 Å². The molecule has 43 heavy (non-hydrogen) atoms. The molecular weight excluding hydrogens is 632 g/mol. The van der Waals surface area contributed by atoms with Crippen molar-refractivity contribution in [3.63, 3.8) is 0 Å². The van der Waals surface area contributed by atoms with Crippen molar-refractivity contribution >= 4 is 75.6 Å². The van der Waals surface area contributed by atoms with Gasteiger partial charge in [-0.3, -0.25) is 19.3 Å². The number of carbonyl (C=O) groups excluding carboxylic acids is 3. The van der Waals surface area contributed by atoms with Crippen LogP contribution in [0.15, 0.2) is 43.0 Å². The van der Waals surface area contributed by atoms with Gasteiger partial charge in [-0.2, -0.15) is 0 Å². The molecule has 228 valence electrons. The second-order valence-corrected chi connectivity index (χ2v) is 15.2. The predicted octanol–water partition coefficient (Wildman–Crippen LogP) is 7.36. The van der Waals surface area contributed by atoms with Crippen LogP contribution in [0.3, 0.4) is 0 Å². The van der Waals surface area contributed by atoms with Crippen LogP contribution < -0.4 is 10.2 Å². The second-order valence-electron chi connectivity index (χ2n) is 13.5. The van der Waals surface area contributed by atoms with E-state index in [0.29, 0.717) is 51.5 Å². The molecule has 0 bridgehead atoms. The molecule has 2 aromatic rings. The van der Waals surface area contributed by atoms with E-state index in [0.717, 1.165) is 12.8 Å². The topological polar surface area (TPSA) is 79.0 Å². The monoisotopic (exact) mass is 663 g/mol. The molecule has 4 atom stereocenters. The van der Waals surface area contributed by atoms with Gasteiger partial charge in [0.15, 0.2) is 0 Å². The molecule has 3 heterocycles. The Bertz CT molecular complexity index is 1530. The number of benzene rings is 2. The molecule has 3 fully saturated rings. The van der Waals surface area contributed by atoms with E-state index in [9.17, 15) is 9.59 Å². The van der Waals surface area contributed by atoms with E-state index in [2.05, 4.69) is 16.8 Å². The summed E-state index contributed by atoms with van der Waals surface area (Å²) in [6.07, 6.45) is 4.12. The Hall–Kier alpha value is -2.29. The Morgan fingerprint density at radius 1 is 1.09 bits per heavy atom. The highest BCUT2D eigenvalue weighted by Gasteiger charge is 2.75. The van der Waals surface area contributed by atoms with Gasteiger partial charge in [0.1, 0.15) is 18.1 Å². The van der Waals surface area contributed by atoms with Crippen molar-refractivity contribution in [2.75, 3.05) is 29.9 Å². The Balaban J connectivity index is 1.57. The highest BCUT2D eigenvalue weighted by Crippen LogP contribution is 2.66. The molecule has 6 rings (SSSR count). The van der Waals surface area contributed by atoms with Crippen LogP contribution in [-0.4, -0.2) is 48.4 Å². The lowest BCUT2D eigenvalue weighted by Crippen LogP contribution is -2.54. The minimum atomic E-state index is -1.54. The van der Waals surface area contributed by atoms with Gasteiger partial charge >= 0.3 is 5.97 Å². The van der Waals surface area contributed by atoms with Crippen LogP contribution in [-0.2, 0) is 24.7 Å². The fraction of sp³-hybridized carbons (Fsp3) is 0.469. The lowest BCUT2D eigenvalue weighted by atomic mass is 9.72. The number of ether oxygens (including phenoxy) is 1. The van der Waals surface area contributed by atoms with Crippen molar-refractivity contribution in [2.24, 2.45) is 22.7 Å². The first kappa shape index (κ1) is 30.7. The van der Waals surface area contributed by atoms with E-state index in [1.807, 2.05) is 20.8 Å². The quantitative estimate of drug-likeness (QED) is 0.258. The molecule has 3 unspecified atom stereocenters. The summed E-state index contributed by atoms with van der Waals surface area (Å²) in [7, 11) is 0. The third kappa shape index (κ3) is 5.05. The van der Waals surface area contributed by atoms with Gasteiger partial charge in [-0.25, -0.2) is 0 Å². The molecule has 3 aliphatic heterocycles. The minimum absolute atomic E-state index is 0.0220. The summed E-state index contributed by atoms with van der Waals surface area (Å²) in [5, 5.41) is 4.30. The first-order chi connectivity index (χ1) is 20.2. The molecule has 11 heteroatoms. The zero-order valence-corrected chi connectivity index (χ0v) is 27.2. The summed E-state index contributed by atoms with van der Waals surface area (Å²) in [5.41, 5.74) is -0.490. The minimum Gasteiger partial charge on any atom is -0.461 e. The average molecular weight is 665 g/mol. The molecule has 1 aliphatic carbocycles. The van der Waals surface area contributed by atoms with E-state index in [-0.39, 0.29) is 28.4 Å². The summed E-state index contributed by atoms with van der Waals surface area (Å²) in [4.78, 5) is 47.4. The van der Waals surface area contributed by atoms with Crippen molar-refractivity contribution in [1.29, 1.82) is 0 Å². The number of hydrogen-bond donors (Lipinski definition) is 1. The molecule has 2 aromatic carbocycles. The van der Waals surface area contributed by atoms with Gasteiger partial charge in [0.25, 0.3) is 5.91 Å². The molecule has 0 aromatic heterocycles. The number of esters is 1. The highest BCUT2D eigenvalue weighted by atomic mass is 35.5. The number of hydrogen-bond acceptors (Lipinski definition) is 5. The third-order valence-corrected chi connectivity index (χ3v) is 10.1. The number of amides is 2.